The SMILES string of the molecule is COc1cc(C(O)c2ccsc2)c2ccccc2n1. The number of methoxy groups -OCH3 is 1. The molecule has 0 spiro atoms. The second kappa shape index (κ2) is 4.99. The van der Waals surface area contributed by atoms with Gasteiger partial charge in [-0.2, -0.15) is 11.3 Å². The molecule has 2 heterocycles. The minimum atomic E-state index is -0.659. The van der Waals surface area contributed by atoms with Crippen LogP contribution < -0.4 is 4.74 Å². The van der Waals surface area contributed by atoms with Crippen LogP contribution in [0.25, 0.3) is 10.9 Å². The van der Waals surface area contributed by atoms with Gasteiger partial charge in [-0.1, -0.05) is 18.2 Å². The lowest BCUT2D eigenvalue weighted by Crippen LogP contribution is -2.01. The minimum Gasteiger partial charge on any atom is -0.481 e. The Kier molecular flexibility index (Phi) is 3.19. The van der Waals surface area contributed by atoms with Crippen LogP contribution in [-0.4, -0.2) is 17.2 Å². The van der Waals surface area contributed by atoms with Crippen LogP contribution in [0, 0.1) is 0 Å². The molecule has 3 rings (SSSR count). The number of para-hydroxylation sites is 1. The molecule has 0 bridgehead atoms. The smallest absolute Gasteiger partial charge is 0.213 e. The van der Waals surface area contributed by atoms with Gasteiger partial charge < -0.3 is 9.84 Å². The van der Waals surface area contributed by atoms with E-state index in [1.807, 2.05) is 41.1 Å². The summed E-state index contributed by atoms with van der Waals surface area (Å²) in [4.78, 5) is 4.39. The summed E-state index contributed by atoms with van der Waals surface area (Å²) in [5.41, 5.74) is 2.54. The molecule has 1 aromatic carbocycles. The number of nitrogens with zero attached hydrogens (tertiary/aromatic N) is 1. The second-order valence-electron chi connectivity index (χ2n) is 4.23. The highest BCUT2D eigenvalue weighted by molar-refractivity contribution is 7.08. The molecule has 19 heavy (non-hydrogen) atoms. The van der Waals surface area contributed by atoms with Crippen LogP contribution in [0.2, 0.25) is 0 Å². The molecule has 1 N–H and O–H groups in total. The van der Waals surface area contributed by atoms with E-state index in [9.17, 15) is 5.11 Å². The molecule has 1 unspecified atom stereocenters. The third-order valence-electron chi connectivity index (χ3n) is 3.09. The van der Waals surface area contributed by atoms with Crippen molar-refractivity contribution in [2.75, 3.05) is 7.11 Å². The normalized spacial score (nSPS) is 12.5. The molecule has 0 aliphatic heterocycles. The van der Waals surface area contributed by atoms with Crippen LogP contribution in [0.3, 0.4) is 0 Å². The van der Waals surface area contributed by atoms with Crippen molar-refractivity contribution in [2.45, 2.75) is 6.10 Å². The van der Waals surface area contributed by atoms with Gasteiger partial charge >= 0.3 is 0 Å². The van der Waals surface area contributed by atoms with Gasteiger partial charge in [0.15, 0.2) is 0 Å². The fraction of sp³-hybridized carbons (Fsp3) is 0.133. The molecule has 3 nitrogen and oxygen atoms in total. The van der Waals surface area contributed by atoms with Crippen LogP contribution in [0.4, 0.5) is 0 Å². The maximum absolute atomic E-state index is 10.5. The van der Waals surface area contributed by atoms with Crippen molar-refractivity contribution in [2.24, 2.45) is 0 Å². The zero-order chi connectivity index (χ0) is 13.2. The Hall–Kier alpha value is -1.91. The monoisotopic (exact) mass is 271 g/mol. The Morgan fingerprint density at radius 2 is 2.11 bits per heavy atom. The van der Waals surface area contributed by atoms with E-state index in [1.165, 1.54) is 0 Å². The lowest BCUT2D eigenvalue weighted by Gasteiger charge is -2.13. The highest BCUT2D eigenvalue weighted by Crippen LogP contribution is 2.31. The first-order valence-electron chi connectivity index (χ1n) is 5.93. The number of pyridine rings is 1. The second-order valence-corrected chi connectivity index (χ2v) is 5.01. The van der Waals surface area contributed by atoms with E-state index in [-0.39, 0.29) is 0 Å². The first kappa shape index (κ1) is 12.1. The van der Waals surface area contributed by atoms with Gasteiger partial charge in [-0.3, -0.25) is 0 Å². The average molecular weight is 271 g/mol. The molecule has 0 aliphatic rings. The molecule has 0 aliphatic carbocycles. The van der Waals surface area contributed by atoms with Crippen LogP contribution in [0.5, 0.6) is 5.88 Å². The summed E-state index contributed by atoms with van der Waals surface area (Å²) >= 11 is 1.57. The summed E-state index contributed by atoms with van der Waals surface area (Å²) in [6, 6.07) is 11.5. The van der Waals surface area contributed by atoms with Gasteiger partial charge in [-0.05, 0) is 34.0 Å². The lowest BCUT2D eigenvalue weighted by molar-refractivity contribution is 0.221. The predicted molar refractivity (Wildman–Crippen MR) is 76.7 cm³/mol. The standard InChI is InChI=1S/C15H13NO2S/c1-18-14-8-12(15(17)10-6-7-19-9-10)11-4-2-3-5-13(11)16-14/h2-9,15,17H,1H3. The number of hydrogen-bond acceptors (Lipinski definition) is 4. The molecule has 0 saturated carbocycles. The molecule has 1 atom stereocenters. The van der Waals surface area contributed by atoms with Crippen molar-refractivity contribution in [3.05, 3.63) is 58.3 Å². The number of aromatic nitrogens is 1. The third-order valence-corrected chi connectivity index (χ3v) is 3.79. The van der Waals surface area contributed by atoms with Gasteiger partial charge in [0, 0.05) is 11.5 Å². The van der Waals surface area contributed by atoms with Crippen molar-refractivity contribution < 1.29 is 9.84 Å². The van der Waals surface area contributed by atoms with Crippen molar-refractivity contribution in [3.63, 3.8) is 0 Å². The molecule has 96 valence electrons. The Bertz CT molecular complexity index is 694. The maximum atomic E-state index is 10.5. The van der Waals surface area contributed by atoms with E-state index >= 15 is 0 Å². The average Bonchev–Trinajstić information content (AvgIpc) is 2.99. The zero-order valence-electron chi connectivity index (χ0n) is 10.4. The summed E-state index contributed by atoms with van der Waals surface area (Å²) in [5, 5.41) is 15.4. The van der Waals surface area contributed by atoms with Crippen LogP contribution in [0.1, 0.15) is 17.2 Å². The fourth-order valence-electron chi connectivity index (χ4n) is 2.12. The number of fused-ring (bicyclic) bond motifs is 1. The van der Waals surface area contributed by atoms with Gasteiger partial charge in [0.25, 0.3) is 0 Å². The van der Waals surface area contributed by atoms with E-state index in [0.29, 0.717) is 5.88 Å². The summed E-state index contributed by atoms with van der Waals surface area (Å²) in [6.45, 7) is 0. The van der Waals surface area contributed by atoms with Gasteiger partial charge in [-0.15, -0.1) is 0 Å². The predicted octanol–water partition coefficient (Wildman–Crippen LogP) is 3.39. The first-order chi connectivity index (χ1) is 9.29. The zero-order valence-corrected chi connectivity index (χ0v) is 11.2. The topological polar surface area (TPSA) is 42.4 Å². The molecule has 2 aromatic heterocycles. The lowest BCUT2D eigenvalue weighted by atomic mass is 10.00. The highest BCUT2D eigenvalue weighted by atomic mass is 32.1. The summed E-state index contributed by atoms with van der Waals surface area (Å²) in [5.74, 6) is 0.517. The van der Waals surface area contributed by atoms with E-state index in [0.717, 1.165) is 22.0 Å². The van der Waals surface area contributed by atoms with Crippen molar-refractivity contribution in [1.82, 2.24) is 4.98 Å². The fourth-order valence-corrected chi connectivity index (χ4v) is 2.80. The molecule has 4 heteroatoms. The third kappa shape index (κ3) is 2.20. The molecular weight excluding hydrogens is 258 g/mol. The molecule has 0 amide bonds. The summed E-state index contributed by atoms with van der Waals surface area (Å²) in [6.07, 6.45) is -0.659. The largest absolute Gasteiger partial charge is 0.481 e. The molecule has 0 fully saturated rings. The Balaban J connectivity index is 2.21. The molecule has 3 aromatic rings. The van der Waals surface area contributed by atoms with E-state index in [4.69, 9.17) is 4.74 Å². The van der Waals surface area contributed by atoms with E-state index in [2.05, 4.69) is 4.98 Å². The number of thiophene rings is 1. The van der Waals surface area contributed by atoms with Crippen LogP contribution >= 0.6 is 11.3 Å². The van der Waals surface area contributed by atoms with Gasteiger partial charge in [0.2, 0.25) is 5.88 Å². The van der Waals surface area contributed by atoms with Gasteiger partial charge in [-0.25, -0.2) is 4.98 Å². The summed E-state index contributed by atoms with van der Waals surface area (Å²) in [7, 11) is 1.58. The number of ether oxygens (including phenoxy) is 1. The van der Waals surface area contributed by atoms with Crippen molar-refractivity contribution in [1.29, 1.82) is 0 Å². The number of hydrogen-bond donors (Lipinski definition) is 1. The van der Waals surface area contributed by atoms with Crippen LogP contribution in [-0.2, 0) is 0 Å². The van der Waals surface area contributed by atoms with Gasteiger partial charge in [0.05, 0.1) is 12.6 Å². The summed E-state index contributed by atoms with van der Waals surface area (Å²) < 4.78 is 5.21. The molecule has 0 radical (unpaired) electrons. The molecular formula is C15H13NO2S. The van der Waals surface area contributed by atoms with Crippen LogP contribution in [0.15, 0.2) is 47.2 Å². The van der Waals surface area contributed by atoms with E-state index < -0.39 is 6.10 Å². The number of rotatable bonds is 3. The van der Waals surface area contributed by atoms with Gasteiger partial charge in [0.1, 0.15) is 6.10 Å². The quantitative estimate of drug-likeness (QED) is 0.794. The Labute approximate surface area is 115 Å². The van der Waals surface area contributed by atoms with Crippen molar-refractivity contribution in [3.8, 4) is 5.88 Å². The minimum absolute atomic E-state index is 0.517. The van der Waals surface area contributed by atoms with Crippen molar-refractivity contribution >= 4 is 22.2 Å². The number of aliphatic hydroxyl groups excluding tert-OH is 1. The Morgan fingerprint density at radius 1 is 1.26 bits per heavy atom. The first-order valence-corrected chi connectivity index (χ1v) is 6.87. The van der Waals surface area contributed by atoms with E-state index in [1.54, 1.807) is 24.5 Å². The number of benzene rings is 1. The highest BCUT2D eigenvalue weighted by Gasteiger charge is 2.16. The Morgan fingerprint density at radius 3 is 2.84 bits per heavy atom. The maximum Gasteiger partial charge on any atom is 0.213 e. The number of aliphatic hydroxyl groups is 1. The molecule has 0 saturated heterocycles.